The number of carbonyl (C=O) groups excluding carboxylic acids is 1. The monoisotopic (exact) mass is 399 g/mol. The van der Waals surface area contributed by atoms with Crippen LogP contribution in [0, 0.1) is 6.92 Å². The van der Waals surface area contributed by atoms with Crippen LogP contribution in [0.1, 0.15) is 16.2 Å². The third-order valence-corrected chi connectivity index (χ3v) is 4.77. The van der Waals surface area contributed by atoms with Crippen molar-refractivity contribution in [2.75, 3.05) is 0 Å². The van der Waals surface area contributed by atoms with Crippen molar-refractivity contribution in [3.63, 3.8) is 0 Å². The number of rotatable bonds is 3. The molecule has 1 N–H and O–H groups in total. The highest BCUT2D eigenvalue weighted by Crippen LogP contribution is 2.21. The van der Waals surface area contributed by atoms with Gasteiger partial charge in [0.1, 0.15) is 0 Å². The van der Waals surface area contributed by atoms with Gasteiger partial charge in [-0.2, -0.15) is 5.10 Å². The molecule has 0 bridgehead atoms. The number of carbonyl (C=O) groups is 1. The summed E-state index contributed by atoms with van der Waals surface area (Å²) in [4.78, 5) is 15.9. The van der Waals surface area contributed by atoms with E-state index in [4.69, 9.17) is 0 Å². The molecule has 0 aliphatic heterocycles. The van der Waals surface area contributed by atoms with E-state index in [0.717, 1.165) is 0 Å². The number of hydrogen-bond acceptors (Lipinski definition) is 7. The molecule has 3 heterocycles. The summed E-state index contributed by atoms with van der Waals surface area (Å²) in [5.74, 6) is -0.881. The lowest BCUT2D eigenvalue weighted by Gasteiger charge is -2.04. The molecule has 0 unspecified atom stereocenters. The normalized spacial score (nSPS) is 11.8. The molecule has 0 fully saturated rings. The van der Waals surface area contributed by atoms with E-state index in [0.29, 0.717) is 4.47 Å². The third kappa shape index (κ3) is 2.82. The fourth-order valence-electron chi connectivity index (χ4n) is 1.99. The Balaban J connectivity index is 2.03. The minimum Gasteiger partial charge on any atom is -0.266 e. The standard InChI is InChI=1S/C11H10BrN7O3S/c1-6-9(10-13-3-7(12)4-19(10)15-6)23(21,22)16-11(20)8-5-18(2)17-14-8/h3-5H,1-2H3,(H,16,20). The summed E-state index contributed by atoms with van der Waals surface area (Å²) in [7, 11) is -2.60. The van der Waals surface area contributed by atoms with Crippen LogP contribution in [0.3, 0.4) is 0 Å². The molecule has 3 aromatic heterocycles. The predicted octanol–water partition coefficient (Wildman–Crippen LogP) is 0.0474. The molecular formula is C11H10BrN7O3S. The maximum Gasteiger partial charge on any atom is 0.287 e. The number of nitrogens with one attached hydrogen (secondary N) is 1. The second-order valence-electron chi connectivity index (χ2n) is 4.67. The van der Waals surface area contributed by atoms with Gasteiger partial charge in [0, 0.05) is 19.4 Å². The molecule has 120 valence electrons. The Hall–Kier alpha value is -2.34. The summed E-state index contributed by atoms with van der Waals surface area (Å²) in [5, 5.41) is 11.2. The van der Waals surface area contributed by atoms with Crippen molar-refractivity contribution >= 4 is 37.5 Å². The highest BCUT2D eigenvalue weighted by Gasteiger charge is 2.27. The SMILES string of the molecule is Cc1nn2cc(Br)cnc2c1S(=O)(=O)NC(=O)c1cn(C)nn1. The Morgan fingerprint density at radius 2 is 2.09 bits per heavy atom. The number of halogens is 1. The van der Waals surface area contributed by atoms with Gasteiger partial charge in [-0.1, -0.05) is 5.21 Å². The van der Waals surface area contributed by atoms with Gasteiger partial charge in [-0.05, 0) is 22.9 Å². The lowest BCUT2D eigenvalue weighted by atomic mass is 10.5. The second-order valence-corrected chi connectivity index (χ2v) is 7.20. The van der Waals surface area contributed by atoms with Gasteiger partial charge in [-0.3, -0.25) is 9.48 Å². The Kier molecular flexibility index (Phi) is 3.64. The van der Waals surface area contributed by atoms with Crippen LogP contribution in [0.15, 0.2) is 28.0 Å². The zero-order valence-corrected chi connectivity index (χ0v) is 14.3. The topological polar surface area (TPSA) is 124 Å². The van der Waals surface area contributed by atoms with Crippen molar-refractivity contribution in [2.24, 2.45) is 7.05 Å². The Morgan fingerprint density at radius 1 is 1.35 bits per heavy atom. The summed E-state index contributed by atoms with van der Waals surface area (Å²) < 4.78 is 30.2. The van der Waals surface area contributed by atoms with Crippen LogP contribution in [-0.4, -0.2) is 43.9 Å². The van der Waals surface area contributed by atoms with E-state index in [2.05, 4.69) is 36.3 Å². The van der Waals surface area contributed by atoms with E-state index in [1.54, 1.807) is 13.2 Å². The number of hydrogen-bond donors (Lipinski definition) is 1. The minimum atomic E-state index is -4.16. The van der Waals surface area contributed by atoms with Crippen LogP contribution in [-0.2, 0) is 17.1 Å². The van der Waals surface area contributed by atoms with Crippen molar-refractivity contribution in [3.8, 4) is 0 Å². The summed E-state index contributed by atoms with van der Waals surface area (Å²) in [6.45, 7) is 1.52. The molecule has 0 radical (unpaired) electrons. The highest BCUT2D eigenvalue weighted by molar-refractivity contribution is 9.10. The lowest BCUT2D eigenvalue weighted by molar-refractivity contribution is 0.0976. The highest BCUT2D eigenvalue weighted by atomic mass is 79.9. The van der Waals surface area contributed by atoms with Crippen LogP contribution in [0.5, 0.6) is 0 Å². The van der Waals surface area contributed by atoms with Gasteiger partial charge in [0.05, 0.1) is 16.4 Å². The average Bonchev–Trinajstić information content (AvgIpc) is 3.00. The number of aromatic nitrogens is 6. The first kappa shape index (κ1) is 15.6. The number of nitrogens with zero attached hydrogens (tertiary/aromatic N) is 6. The molecule has 10 nitrogen and oxygen atoms in total. The molecule has 12 heteroatoms. The third-order valence-electron chi connectivity index (χ3n) is 2.89. The quantitative estimate of drug-likeness (QED) is 0.659. The van der Waals surface area contributed by atoms with Gasteiger partial charge in [-0.25, -0.2) is 22.6 Å². The Bertz CT molecular complexity index is 1020. The molecule has 0 spiro atoms. The molecule has 0 aliphatic carbocycles. The summed E-state index contributed by atoms with van der Waals surface area (Å²) >= 11 is 3.23. The van der Waals surface area contributed by atoms with E-state index in [1.807, 2.05) is 4.72 Å². The van der Waals surface area contributed by atoms with E-state index in [-0.39, 0.29) is 21.9 Å². The summed E-state index contributed by atoms with van der Waals surface area (Å²) in [5.41, 5.74) is 0.223. The molecule has 3 aromatic rings. The van der Waals surface area contributed by atoms with Crippen LogP contribution in [0.25, 0.3) is 5.65 Å². The maximum absolute atomic E-state index is 12.5. The number of amides is 1. The van der Waals surface area contributed by atoms with Gasteiger partial charge in [0.15, 0.2) is 16.2 Å². The minimum absolute atomic E-state index is 0.110. The van der Waals surface area contributed by atoms with Crippen LogP contribution in [0.2, 0.25) is 0 Å². The molecule has 0 aromatic carbocycles. The first-order valence-electron chi connectivity index (χ1n) is 6.22. The number of fused-ring (bicyclic) bond motifs is 1. The molecule has 0 atom stereocenters. The first-order valence-corrected chi connectivity index (χ1v) is 8.49. The predicted molar refractivity (Wildman–Crippen MR) is 81.1 cm³/mol. The zero-order valence-electron chi connectivity index (χ0n) is 11.9. The molecular weight excluding hydrogens is 390 g/mol. The van der Waals surface area contributed by atoms with Crippen molar-refractivity contribution in [2.45, 2.75) is 11.8 Å². The van der Waals surface area contributed by atoms with Gasteiger partial charge in [-0.15, -0.1) is 5.10 Å². The van der Waals surface area contributed by atoms with Crippen molar-refractivity contribution < 1.29 is 13.2 Å². The largest absolute Gasteiger partial charge is 0.287 e. The zero-order chi connectivity index (χ0) is 16.8. The summed E-state index contributed by atoms with van der Waals surface area (Å²) in [6, 6.07) is 0. The van der Waals surface area contributed by atoms with Gasteiger partial charge >= 0.3 is 0 Å². The molecule has 0 aliphatic rings. The Labute approximate surface area is 138 Å². The van der Waals surface area contributed by atoms with Gasteiger partial charge in [0.2, 0.25) is 0 Å². The van der Waals surface area contributed by atoms with Crippen molar-refractivity contribution in [1.82, 2.24) is 34.3 Å². The Morgan fingerprint density at radius 3 is 2.74 bits per heavy atom. The van der Waals surface area contributed by atoms with E-state index < -0.39 is 15.9 Å². The average molecular weight is 400 g/mol. The molecule has 3 rings (SSSR count). The molecule has 1 amide bonds. The second kappa shape index (κ2) is 5.38. The molecule has 0 saturated heterocycles. The van der Waals surface area contributed by atoms with E-state index in [9.17, 15) is 13.2 Å². The number of aryl methyl sites for hydroxylation is 2. The fourth-order valence-corrected chi connectivity index (χ4v) is 3.56. The van der Waals surface area contributed by atoms with Gasteiger partial charge in [0.25, 0.3) is 15.9 Å². The van der Waals surface area contributed by atoms with Crippen molar-refractivity contribution in [1.29, 1.82) is 0 Å². The van der Waals surface area contributed by atoms with E-state index >= 15 is 0 Å². The first-order chi connectivity index (χ1) is 10.8. The smallest absolute Gasteiger partial charge is 0.266 e. The van der Waals surface area contributed by atoms with Crippen LogP contribution in [0.4, 0.5) is 0 Å². The van der Waals surface area contributed by atoms with Crippen LogP contribution < -0.4 is 4.72 Å². The van der Waals surface area contributed by atoms with E-state index in [1.165, 1.54) is 28.5 Å². The summed E-state index contributed by atoms with van der Waals surface area (Å²) in [6.07, 6.45) is 4.32. The molecule has 23 heavy (non-hydrogen) atoms. The van der Waals surface area contributed by atoms with Gasteiger partial charge < -0.3 is 0 Å². The van der Waals surface area contributed by atoms with Crippen LogP contribution >= 0.6 is 15.9 Å². The fraction of sp³-hybridized carbons (Fsp3) is 0.182. The molecule has 0 saturated carbocycles. The number of sulfonamides is 1. The lowest BCUT2D eigenvalue weighted by Crippen LogP contribution is -2.31. The van der Waals surface area contributed by atoms with Crippen molar-refractivity contribution in [3.05, 3.63) is 34.5 Å². The maximum atomic E-state index is 12.5.